The summed E-state index contributed by atoms with van der Waals surface area (Å²) in [5.41, 5.74) is 5.63. The summed E-state index contributed by atoms with van der Waals surface area (Å²) in [4.78, 5) is 18.1. The van der Waals surface area contributed by atoms with E-state index in [4.69, 9.17) is 10.5 Å². The second kappa shape index (κ2) is 5.27. The van der Waals surface area contributed by atoms with Crippen LogP contribution in [0.5, 0.6) is 5.75 Å². The number of aromatic nitrogens is 2. The fourth-order valence-corrected chi connectivity index (χ4v) is 1.35. The monoisotopic (exact) mass is 231 g/mol. The predicted octanol–water partition coefficient (Wildman–Crippen LogP) is 0.808. The van der Waals surface area contributed by atoms with E-state index in [2.05, 4.69) is 9.97 Å². The van der Waals surface area contributed by atoms with Crippen molar-refractivity contribution in [2.24, 2.45) is 5.73 Å². The number of hydrogen-bond donors (Lipinski definition) is 2. The average molecular weight is 231 g/mol. The molecule has 5 nitrogen and oxygen atoms in total. The molecule has 17 heavy (non-hydrogen) atoms. The van der Waals surface area contributed by atoms with Gasteiger partial charge in [0.2, 0.25) is 0 Å². The van der Waals surface area contributed by atoms with Crippen molar-refractivity contribution in [1.82, 2.24) is 9.97 Å². The summed E-state index contributed by atoms with van der Waals surface area (Å²) < 4.78 is 5.46. The number of rotatable bonds is 4. The Balaban J connectivity index is 2.05. The predicted molar refractivity (Wildman–Crippen MR) is 63.5 cm³/mol. The van der Waals surface area contributed by atoms with Gasteiger partial charge in [0.25, 0.3) is 5.56 Å². The van der Waals surface area contributed by atoms with Crippen molar-refractivity contribution in [3.05, 3.63) is 58.3 Å². The Bertz CT molecular complexity index is 537. The molecule has 0 spiro atoms. The first kappa shape index (κ1) is 11.3. The molecule has 0 unspecified atom stereocenters. The molecule has 88 valence electrons. The maximum absolute atomic E-state index is 11.5. The number of aromatic amines is 1. The van der Waals surface area contributed by atoms with Gasteiger partial charge in [-0.25, -0.2) is 4.98 Å². The molecule has 0 saturated heterocycles. The molecular formula is C12H13N3O2. The normalized spacial score (nSPS) is 10.2. The van der Waals surface area contributed by atoms with Crippen molar-refractivity contribution < 1.29 is 4.74 Å². The Morgan fingerprint density at radius 1 is 1.29 bits per heavy atom. The number of para-hydroxylation sites is 1. The van der Waals surface area contributed by atoms with Crippen LogP contribution >= 0.6 is 0 Å². The summed E-state index contributed by atoms with van der Waals surface area (Å²) in [6.07, 6.45) is 1.47. The van der Waals surface area contributed by atoms with Gasteiger partial charge in [0.1, 0.15) is 18.2 Å². The fraction of sp³-hybridized carbons (Fsp3) is 0.167. The van der Waals surface area contributed by atoms with Crippen LogP contribution in [0, 0.1) is 0 Å². The van der Waals surface area contributed by atoms with Gasteiger partial charge in [-0.15, -0.1) is 0 Å². The van der Waals surface area contributed by atoms with E-state index in [1.807, 2.05) is 30.3 Å². The third-order valence-corrected chi connectivity index (χ3v) is 2.26. The molecule has 0 amide bonds. The quantitative estimate of drug-likeness (QED) is 0.815. The molecule has 0 bridgehead atoms. The Labute approximate surface area is 98.3 Å². The molecule has 1 aromatic heterocycles. The van der Waals surface area contributed by atoms with Crippen LogP contribution in [0.1, 0.15) is 11.4 Å². The minimum atomic E-state index is -0.214. The van der Waals surface area contributed by atoms with Crippen LogP contribution in [-0.4, -0.2) is 9.97 Å². The Hall–Kier alpha value is -2.14. The summed E-state index contributed by atoms with van der Waals surface area (Å²) >= 11 is 0. The summed E-state index contributed by atoms with van der Waals surface area (Å²) in [6, 6.07) is 9.34. The van der Waals surface area contributed by atoms with E-state index in [1.165, 1.54) is 6.20 Å². The van der Waals surface area contributed by atoms with Crippen LogP contribution in [0.4, 0.5) is 0 Å². The standard InChI is InChI=1S/C12H13N3O2/c13-6-9-7-14-11(15-12(9)16)8-17-10-4-2-1-3-5-10/h1-5,7H,6,8,13H2,(H,14,15,16). The highest BCUT2D eigenvalue weighted by molar-refractivity contribution is 5.21. The molecule has 0 atom stereocenters. The zero-order chi connectivity index (χ0) is 12.1. The van der Waals surface area contributed by atoms with Crippen LogP contribution in [-0.2, 0) is 13.2 Å². The zero-order valence-electron chi connectivity index (χ0n) is 9.22. The van der Waals surface area contributed by atoms with E-state index in [-0.39, 0.29) is 18.7 Å². The third kappa shape index (κ3) is 2.92. The van der Waals surface area contributed by atoms with Crippen molar-refractivity contribution in [2.45, 2.75) is 13.2 Å². The topological polar surface area (TPSA) is 81.0 Å². The number of nitrogens with zero attached hydrogens (tertiary/aromatic N) is 1. The molecule has 3 N–H and O–H groups in total. The minimum Gasteiger partial charge on any atom is -0.486 e. The van der Waals surface area contributed by atoms with Gasteiger partial charge in [0.15, 0.2) is 0 Å². The van der Waals surface area contributed by atoms with Gasteiger partial charge in [0.05, 0.1) is 0 Å². The molecule has 1 heterocycles. The number of nitrogens with one attached hydrogen (secondary N) is 1. The Morgan fingerprint density at radius 3 is 2.71 bits per heavy atom. The average Bonchev–Trinajstić information content (AvgIpc) is 2.38. The van der Waals surface area contributed by atoms with E-state index in [1.54, 1.807) is 0 Å². The fourth-order valence-electron chi connectivity index (χ4n) is 1.35. The Kier molecular flexibility index (Phi) is 3.52. The highest BCUT2D eigenvalue weighted by Gasteiger charge is 2.01. The number of nitrogens with two attached hydrogens (primary N) is 1. The van der Waals surface area contributed by atoms with Crippen LogP contribution in [0.25, 0.3) is 0 Å². The van der Waals surface area contributed by atoms with Gasteiger partial charge >= 0.3 is 0 Å². The van der Waals surface area contributed by atoms with Gasteiger partial charge in [-0.2, -0.15) is 0 Å². The first-order chi connectivity index (χ1) is 8.29. The lowest BCUT2D eigenvalue weighted by atomic mass is 10.3. The number of hydrogen-bond acceptors (Lipinski definition) is 4. The van der Waals surface area contributed by atoms with Crippen molar-refractivity contribution >= 4 is 0 Å². The molecule has 0 aliphatic carbocycles. The van der Waals surface area contributed by atoms with Crippen LogP contribution in [0.3, 0.4) is 0 Å². The first-order valence-electron chi connectivity index (χ1n) is 5.24. The van der Waals surface area contributed by atoms with E-state index in [9.17, 15) is 4.79 Å². The van der Waals surface area contributed by atoms with Crippen LogP contribution < -0.4 is 16.0 Å². The smallest absolute Gasteiger partial charge is 0.255 e. The second-order valence-electron chi connectivity index (χ2n) is 3.49. The molecule has 5 heteroatoms. The largest absolute Gasteiger partial charge is 0.486 e. The van der Waals surface area contributed by atoms with E-state index in [0.29, 0.717) is 11.4 Å². The van der Waals surface area contributed by atoms with Gasteiger partial charge in [-0.05, 0) is 12.1 Å². The summed E-state index contributed by atoms with van der Waals surface area (Å²) in [7, 11) is 0. The van der Waals surface area contributed by atoms with E-state index >= 15 is 0 Å². The van der Waals surface area contributed by atoms with Gasteiger partial charge in [-0.1, -0.05) is 18.2 Å². The SMILES string of the molecule is NCc1cnc(COc2ccccc2)[nH]c1=O. The van der Waals surface area contributed by atoms with Gasteiger partial charge < -0.3 is 15.5 Å². The van der Waals surface area contributed by atoms with Crippen molar-refractivity contribution in [2.75, 3.05) is 0 Å². The summed E-state index contributed by atoms with van der Waals surface area (Å²) in [5.74, 6) is 1.22. The third-order valence-electron chi connectivity index (χ3n) is 2.26. The molecule has 1 aromatic carbocycles. The molecule has 0 radical (unpaired) electrons. The second-order valence-corrected chi connectivity index (χ2v) is 3.49. The van der Waals surface area contributed by atoms with Crippen LogP contribution in [0.2, 0.25) is 0 Å². The molecule has 0 aliphatic heterocycles. The summed E-state index contributed by atoms with van der Waals surface area (Å²) in [5, 5.41) is 0. The lowest BCUT2D eigenvalue weighted by Crippen LogP contribution is -2.19. The van der Waals surface area contributed by atoms with E-state index in [0.717, 1.165) is 5.75 Å². The van der Waals surface area contributed by atoms with Crippen LogP contribution in [0.15, 0.2) is 41.3 Å². The maximum Gasteiger partial charge on any atom is 0.255 e. The zero-order valence-corrected chi connectivity index (χ0v) is 9.22. The highest BCUT2D eigenvalue weighted by Crippen LogP contribution is 2.09. The van der Waals surface area contributed by atoms with Gasteiger partial charge in [0, 0.05) is 18.3 Å². The number of ether oxygens (including phenoxy) is 1. The highest BCUT2D eigenvalue weighted by atomic mass is 16.5. The van der Waals surface area contributed by atoms with Crippen molar-refractivity contribution in [3.8, 4) is 5.75 Å². The lowest BCUT2D eigenvalue weighted by molar-refractivity contribution is 0.295. The van der Waals surface area contributed by atoms with Crippen molar-refractivity contribution in [1.29, 1.82) is 0 Å². The molecule has 2 aromatic rings. The molecule has 0 saturated carbocycles. The molecular weight excluding hydrogens is 218 g/mol. The molecule has 0 fully saturated rings. The molecule has 2 rings (SSSR count). The maximum atomic E-state index is 11.5. The first-order valence-corrected chi connectivity index (χ1v) is 5.24. The summed E-state index contributed by atoms with van der Waals surface area (Å²) in [6.45, 7) is 0.409. The lowest BCUT2D eigenvalue weighted by Gasteiger charge is -2.05. The number of H-pyrrole nitrogens is 1. The molecule has 0 aliphatic rings. The minimum absolute atomic E-state index is 0.183. The van der Waals surface area contributed by atoms with E-state index < -0.39 is 0 Å². The number of benzene rings is 1. The van der Waals surface area contributed by atoms with Gasteiger partial charge in [-0.3, -0.25) is 4.79 Å². The Morgan fingerprint density at radius 2 is 2.06 bits per heavy atom. The van der Waals surface area contributed by atoms with Crippen molar-refractivity contribution in [3.63, 3.8) is 0 Å².